The summed E-state index contributed by atoms with van der Waals surface area (Å²) in [6.07, 6.45) is 8.68. The van der Waals surface area contributed by atoms with Crippen LogP contribution in [-0.4, -0.2) is 35.0 Å². The quantitative estimate of drug-likeness (QED) is 0.788. The molecule has 3 nitrogen and oxygen atoms in total. The van der Waals surface area contributed by atoms with Gasteiger partial charge in [-0.15, -0.1) is 0 Å². The summed E-state index contributed by atoms with van der Waals surface area (Å²) in [5, 5.41) is 7.45. The lowest BCUT2D eigenvalue weighted by Gasteiger charge is -2.25. The topological polar surface area (TPSA) is 41.1 Å². The van der Waals surface area contributed by atoms with Gasteiger partial charge in [-0.1, -0.05) is 26.2 Å². The van der Waals surface area contributed by atoms with Gasteiger partial charge < -0.3 is 10.6 Å². The SMILES string of the molecule is CCSC1CCCC1NC(C)C(=O)NC1CCCC1. The van der Waals surface area contributed by atoms with Gasteiger partial charge in [0.25, 0.3) is 0 Å². The van der Waals surface area contributed by atoms with E-state index >= 15 is 0 Å². The first-order chi connectivity index (χ1) is 9.20. The summed E-state index contributed by atoms with van der Waals surface area (Å²) in [6.45, 7) is 4.23. The molecule has 2 rings (SSSR count). The highest BCUT2D eigenvalue weighted by atomic mass is 32.2. The summed E-state index contributed by atoms with van der Waals surface area (Å²) < 4.78 is 0. The Balaban J connectivity index is 1.75. The number of nitrogens with one attached hydrogen (secondary N) is 2. The van der Waals surface area contributed by atoms with Crippen molar-refractivity contribution in [3.8, 4) is 0 Å². The lowest BCUT2D eigenvalue weighted by atomic mass is 10.2. The van der Waals surface area contributed by atoms with Crippen molar-refractivity contribution in [2.75, 3.05) is 5.75 Å². The van der Waals surface area contributed by atoms with Crippen LogP contribution in [0, 0.1) is 0 Å². The van der Waals surface area contributed by atoms with E-state index in [1.807, 2.05) is 18.7 Å². The number of rotatable bonds is 6. The highest BCUT2D eigenvalue weighted by Crippen LogP contribution is 2.30. The van der Waals surface area contributed by atoms with E-state index in [0.29, 0.717) is 17.3 Å². The van der Waals surface area contributed by atoms with Crippen molar-refractivity contribution in [2.24, 2.45) is 0 Å². The van der Waals surface area contributed by atoms with Crippen molar-refractivity contribution in [1.82, 2.24) is 10.6 Å². The van der Waals surface area contributed by atoms with E-state index in [0.717, 1.165) is 12.8 Å². The molecule has 2 fully saturated rings. The van der Waals surface area contributed by atoms with Crippen LogP contribution in [0.5, 0.6) is 0 Å². The molecule has 0 aromatic heterocycles. The van der Waals surface area contributed by atoms with Crippen LogP contribution in [0.1, 0.15) is 58.8 Å². The molecule has 1 amide bonds. The predicted octanol–water partition coefficient (Wildman–Crippen LogP) is 2.70. The van der Waals surface area contributed by atoms with Crippen molar-refractivity contribution in [3.63, 3.8) is 0 Å². The van der Waals surface area contributed by atoms with Gasteiger partial charge in [-0.05, 0) is 38.4 Å². The minimum absolute atomic E-state index is 0.0522. The molecule has 0 spiro atoms. The lowest BCUT2D eigenvalue weighted by Crippen LogP contribution is -2.50. The molecule has 0 radical (unpaired) electrons. The van der Waals surface area contributed by atoms with E-state index in [1.54, 1.807) is 0 Å². The fraction of sp³-hybridized carbons (Fsp3) is 0.933. The van der Waals surface area contributed by atoms with Gasteiger partial charge in [0, 0.05) is 17.3 Å². The first-order valence-electron chi connectivity index (χ1n) is 7.88. The predicted molar refractivity (Wildman–Crippen MR) is 82.6 cm³/mol. The Bertz CT molecular complexity index is 292. The molecule has 19 heavy (non-hydrogen) atoms. The second kappa shape index (κ2) is 7.53. The second-order valence-corrected chi connectivity index (χ2v) is 7.43. The second-order valence-electron chi connectivity index (χ2n) is 5.91. The Hall–Kier alpha value is -0.220. The molecule has 4 heteroatoms. The van der Waals surface area contributed by atoms with Crippen molar-refractivity contribution in [3.05, 3.63) is 0 Å². The van der Waals surface area contributed by atoms with Gasteiger partial charge in [0.1, 0.15) is 0 Å². The van der Waals surface area contributed by atoms with Crippen LogP contribution in [0.2, 0.25) is 0 Å². The van der Waals surface area contributed by atoms with Gasteiger partial charge in [0.15, 0.2) is 0 Å². The van der Waals surface area contributed by atoms with Crippen LogP contribution < -0.4 is 10.6 Å². The van der Waals surface area contributed by atoms with E-state index in [9.17, 15) is 4.79 Å². The number of carbonyl (C=O) groups is 1. The maximum atomic E-state index is 12.2. The van der Waals surface area contributed by atoms with Crippen molar-refractivity contribution < 1.29 is 4.79 Å². The summed E-state index contributed by atoms with van der Waals surface area (Å²) in [7, 11) is 0. The van der Waals surface area contributed by atoms with Gasteiger partial charge in [0.2, 0.25) is 5.91 Å². The third kappa shape index (κ3) is 4.38. The molecular weight excluding hydrogens is 256 g/mol. The summed E-state index contributed by atoms with van der Waals surface area (Å²) in [6, 6.07) is 0.902. The number of amides is 1. The van der Waals surface area contributed by atoms with Crippen molar-refractivity contribution >= 4 is 17.7 Å². The zero-order valence-electron chi connectivity index (χ0n) is 12.3. The minimum Gasteiger partial charge on any atom is -0.352 e. The van der Waals surface area contributed by atoms with Crippen molar-refractivity contribution in [1.29, 1.82) is 0 Å². The molecule has 3 unspecified atom stereocenters. The smallest absolute Gasteiger partial charge is 0.237 e. The fourth-order valence-electron chi connectivity index (χ4n) is 3.32. The molecule has 0 aromatic rings. The van der Waals surface area contributed by atoms with Gasteiger partial charge >= 0.3 is 0 Å². The molecule has 3 atom stereocenters. The van der Waals surface area contributed by atoms with Crippen molar-refractivity contribution in [2.45, 2.75) is 82.2 Å². The molecule has 2 N–H and O–H groups in total. The molecule has 0 aliphatic heterocycles. The third-order valence-corrected chi connectivity index (χ3v) is 5.72. The Labute approximate surface area is 121 Å². The van der Waals surface area contributed by atoms with Crippen LogP contribution in [0.3, 0.4) is 0 Å². The maximum absolute atomic E-state index is 12.2. The average Bonchev–Trinajstić information content (AvgIpc) is 3.02. The van der Waals surface area contributed by atoms with E-state index < -0.39 is 0 Å². The molecule has 0 saturated heterocycles. The fourth-order valence-corrected chi connectivity index (χ4v) is 4.53. The maximum Gasteiger partial charge on any atom is 0.237 e. The summed E-state index contributed by atoms with van der Waals surface area (Å²) >= 11 is 2.04. The molecule has 2 aliphatic rings. The number of hydrogen-bond donors (Lipinski definition) is 2. The van der Waals surface area contributed by atoms with Crippen LogP contribution >= 0.6 is 11.8 Å². The summed E-state index contributed by atoms with van der Waals surface area (Å²) in [5.74, 6) is 1.37. The number of carbonyl (C=O) groups excluding carboxylic acids is 1. The standard InChI is InChI=1S/C15H28N2OS/c1-3-19-14-10-6-9-13(14)16-11(2)15(18)17-12-7-4-5-8-12/h11-14,16H,3-10H2,1-2H3,(H,17,18). The first-order valence-corrected chi connectivity index (χ1v) is 8.93. The zero-order chi connectivity index (χ0) is 13.7. The lowest BCUT2D eigenvalue weighted by molar-refractivity contribution is -0.123. The molecule has 0 bridgehead atoms. The molecule has 0 heterocycles. The van der Waals surface area contributed by atoms with Crippen LogP contribution in [0.4, 0.5) is 0 Å². The Morgan fingerprint density at radius 1 is 1.21 bits per heavy atom. The van der Waals surface area contributed by atoms with E-state index in [1.165, 1.54) is 37.9 Å². The largest absolute Gasteiger partial charge is 0.352 e. The van der Waals surface area contributed by atoms with Gasteiger partial charge in [-0.25, -0.2) is 0 Å². The third-order valence-electron chi connectivity index (χ3n) is 4.39. The average molecular weight is 284 g/mol. The number of hydrogen-bond acceptors (Lipinski definition) is 3. The number of thioether (sulfide) groups is 1. The first kappa shape index (κ1) is 15.2. The normalized spacial score (nSPS) is 29.6. The van der Waals surface area contributed by atoms with Crippen LogP contribution in [0.25, 0.3) is 0 Å². The molecule has 2 aliphatic carbocycles. The molecule has 2 saturated carbocycles. The summed E-state index contributed by atoms with van der Waals surface area (Å²) in [5.41, 5.74) is 0. The van der Waals surface area contributed by atoms with Gasteiger partial charge in [-0.3, -0.25) is 4.79 Å². The van der Waals surface area contributed by atoms with Gasteiger partial charge in [-0.2, -0.15) is 11.8 Å². The van der Waals surface area contributed by atoms with E-state index in [4.69, 9.17) is 0 Å². The monoisotopic (exact) mass is 284 g/mol. The van der Waals surface area contributed by atoms with Gasteiger partial charge in [0.05, 0.1) is 6.04 Å². The Kier molecular flexibility index (Phi) is 6.02. The molecule has 110 valence electrons. The highest BCUT2D eigenvalue weighted by molar-refractivity contribution is 7.99. The summed E-state index contributed by atoms with van der Waals surface area (Å²) in [4.78, 5) is 12.2. The van der Waals surface area contributed by atoms with E-state index in [-0.39, 0.29) is 11.9 Å². The highest BCUT2D eigenvalue weighted by Gasteiger charge is 2.30. The molecular formula is C15H28N2OS. The Morgan fingerprint density at radius 2 is 1.95 bits per heavy atom. The van der Waals surface area contributed by atoms with Crippen LogP contribution in [-0.2, 0) is 4.79 Å². The minimum atomic E-state index is -0.0522. The Morgan fingerprint density at radius 3 is 2.63 bits per heavy atom. The molecule has 0 aromatic carbocycles. The zero-order valence-corrected chi connectivity index (χ0v) is 13.1. The van der Waals surface area contributed by atoms with E-state index in [2.05, 4.69) is 17.6 Å². The van der Waals surface area contributed by atoms with Crippen LogP contribution in [0.15, 0.2) is 0 Å².